The third-order valence-corrected chi connectivity index (χ3v) is 6.72. The summed E-state index contributed by atoms with van der Waals surface area (Å²) in [6.45, 7) is 4.34. The summed E-state index contributed by atoms with van der Waals surface area (Å²) >= 11 is 3.43. The van der Waals surface area contributed by atoms with Gasteiger partial charge in [-0.15, -0.1) is 22.7 Å². The van der Waals surface area contributed by atoms with Crippen molar-refractivity contribution in [3.05, 3.63) is 63.8 Å². The van der Waals surface area contributed by atoms with Crippen molar-refractivity contribution < 1.29 is 4.79 Å². The van der Waals surface area contributed by atoms with Crippen molar-refractivity contribution in [1.29, 1.82) is 0 Å². The van der Waals surface area contributed by atoms with E-state index in [0.29, 0.717) is 6.42 Å². The van der Waals surface area contributed by atoms with Gasteiger partial charge >= 0.3 is 0 Å². The lowest BCUT2D eigenvalue weighted by atomic mass is 10.2. The number of piperazine rings is 1. The molecule has 0 radical (unpaired) electrons. The van der Waals surface area contributed by atoms with E-state index < -0.39 is 0 Å². The first kappa shape index (κ1) is 18.3. The zero-order chi connectivity index (χ0) is 18.5. The molecule has 1 aliphatic heterocycles. The molecule has 3 heterocycles. The summed E-state index contributed by atoms with van der Waals surface area (Å²) in [5.74, 6) is 0.281. The molecule has 4 nitrogen and oxygen atoms in total. The Morgan fingerprint density at radius 2 is 1.81 bits per heavy atom. The molecule has 0 unspecified atom stereocenters. The van der Waals surface area contributed by atoms with Gasteiger partial charge in [0.05, 0.1) is 5.69 Å². The predicted octanol–water partition coefficient (Wildman–Crippen LogP) is 4.15. The molecule has 27 heavy (non-hydrogen) atoms. The van der Waals surface area contributed by atoms with Crippen LogP contribution in [0.15, 0.2) is 53.2 Å². The molecule has 0 saturated carbocycles. The second-order valence-electron chi connectivity index (χ2n) is 6.75. The van der Waals surface area contributed by atoms with E-state index in [4.69, 9.17) is 4.98 Å². The molecule has 0 spiro atoms. The summed E-state index contributed by atoms with van der Waals surface area (Å²) in [5.41, 5.74) is 2.30. The lowest BCUT2D eigenvalue weighted by Gasteiger charge is -2.34. The fourth-order valence-corrected chi connectivity index (χ4v) is 4.85. The van der Waals surface area contributed by atoms with Gasteiger partial charge in [0.15, 0.2) is 0 Å². The quantitative estimate of drug-likeness (QED) is 0.627. The maximum Gasteiger partial charge on any atom is 0.223 e. The molecule has 0 N–H and O–H groups in total. The van der Waals surface area contributed by atoms with Gasteiger partial charge in [-0.2, -0.15) is 0 Å². The molecule has 1 fully saturated rings. The van der Waals surface area contributed by atoms with Crippen LogP contribution in [0.5, 0.6) is 0 Å². The van der Waals surface area contributed by atoms with Crippen LogP contribution in [-0.2, 0) is 17.8 Å². The second kappa shape index (κ2) is 8.78. The van der Waals surface area contributed by atoms with Crippen LogP contribution in [0.3, 0.4) is 0 Å². The number of rotatable bonds is 6. The number of hydrogen-bond acceptors (Lipinski definition) is 5. The van der Waals surface area contributed by atoms with Gasteiger partial charge in [-0.05, 0) is 17.9 Å². The van der Waals surface area contributed by atoms with Gasteiger partial charge < -0.3 is 4.90 Å². The predicted molar refractivity (Wildman–Crippen MR) is 112 cm³/mol. The van der Waals surface area contributed by atoms with Crippen molar-refractivity contribution in [2.24, 2.45) is 0 Å². The van der Waals surface area contributed by atoms with E-state index in [1.165, 1.54) is 10.4 Å². The number of carbonyl (C=O) groups is 1. The number of thiazole rings is 1. The Bertz CT molecular complexity index is 853. The zero-order valence-corrected chi connectivity index (χ0v) is 16.8. The van der Waals surface area contributed by atoms with E-state index in [9.17, 15) is 4.79 Å². The largest absolute Gasteiger partial charge is 0.340 e. The van der Waals surface area contributed by atoms with Gasteiger partial charge in [0.2, 0.25) is 5.91 Å². The lowest BCUT2D eigenvalue weighted by Crippen LogP contribution is -2.48. The van der Waals surface area contributed by atoms with Crippen LogP contribution >= 0.6 is 22.7 Å². The first-order chi connectivity index (χ1) is 13.3. The molecule has 0 aliphatic carbocycles. The number of benzene rings is 1. The van der Waals surface area contributed by atoms with Crippen molar-refractivity contribution >= 4 is 28.6 Å². The highest BCUT2D eigenvalue weighted by molar-refractivity contribution is 7.13. The summed E-state index contributed by atoms with van der Waals surface area (Å²) in [6.07, 6.45) is 1.48. The molecule has 1 aromatic carbocycles. The second-order valence-corrected chi connectivity index (χ2v) is 8.64. The number of nitrogens with zero attached hydrogens (tertiary/aromatic N) is 3. The highest BCUT2D eigenvalue weighted by Gasteiger charge is 2.21. The number of aryl methyl sites for hydroxylation is 1. The highest BCUT2D eigenvalue weighted by Crippen LogP contribution is 2.24. The Balaban J connectivity index is 1.25. The minimum absolute atomic E-state index is 0.281. The Morgan fingerprint density at radius 1 is 1.00 bits per heavy atom. The Labute approximate surface area is 168 Å². The molecule has 1 saturated heterocycles. The van der Waals surface area contributed by atoms with Crippen LogP contribution in [0.25, 0.3) is 10.6 Å². The Morgan fingerprint density at radius 3 is 2.56 bits per heavy atom. The number of amides is 1. The van der Waals surface area contributed by atoms with E-state index in [-0.39, 0.29) is 5.91 Å². The van der Waals surface area contributed by atoms with Gasteiger partial charge in [0, 0.05) is 55.0 Å². The smallest absolute Gasteiger partial charge is 0.223 e. The van der Waals surface area contributed by atoms with Crippen LogP contribution < -0.4 is 0 Å². The average Bonchev–Trinajstić information content (AvgIpc) is 3.39. The van der Waals surface area contributed by atoms with E-state index in [2.05, 4.69) is 33.9 Å². The van der Waals surface area contributed by atoms with Crippen molar-refractivity contribution in [2.75, 3.05) is 26.2 Å². The van der Waals surface area contributed by atoms with Crippen molar-refractivity contribution in [1.82, 2.24) is 14.8 Å². The van der Waals surface area contributed by atoms with Crippen LogP contribution in [0, 0.1) is 0 Å². The fraction of sp³-hybridized carbons (Fsp3) is 0.333. The fourth-order valence-electron chi connectivity index (χ4n) is 3.32. The third-order valence-electron chi connectivity index (χ3n) is 4.85. The van der Waals surface area contributed by atoms with Crippen LogP contribution in [0.4, 0.5) is 0 Å². The molecule has 2 aromatic heterocycles. The minimum Gasteiger partial charge on any atom is -0.340 e. The third kappa shape index (κ3) is 4.83. The minimum atomic E-state index is 0.281. The topological polar surface area (TPSA) is 36.4 Å². The van der Waals surface area contributed by atoms with Crippen LogP contribution in [-0.4, -0.2) is 46.9 Å². The molecule has 3 aromatic rings. The monoisotopic (exact) mass is 397 g/mol. The summed E-state index contributed by atoms with van der Waals surface area (Å²) in [7, 11) is 0. The summed E-state index contributed by atoms with van der Waals surface area (Å²) < 4.78 is 0. The van der Waals surface area contributed by atoms with Gasteiger partial charge in [0.25, 0.3) is 0 Å². The van der Waals surface area contributed by atoms with Gasteiger partial charge in [-0.25, -0.2) is 4.98 Å². The zero-order valence-electron chi connectivity index (χ0n) is 15.2. The van der Waals surface area contributed by atoms with Gasteiger partial charge in [-0.1, -0.05) is 36.4 Å². The summed E-state index contributed by atoms with van der Waals surface area (Å²) in [6, 6.07) is 14.5. The number of hydrogen-bond donors (Lipinski definition) is 0. The molecule has 0 bridgehead atoms. The molecule has 4 rings (SSSR count). The lowest BCUT2D eigenvalue weighted by molar-refractivity contribution is -0.132. The van der Waals surface area contributed by atoms with Gasteiger partial charge in [-0.3, -0.25) is 9.69 Å². The number of thiophene rings is 1. The molecular formula is C21H23N3OS2. The molecular weight excluding hydrogens is 374 g/mol. The SMILES string of the molecule is O=C(CCc1cccs1)N1CCN(Cc2csc(-c3ccccc3)n2)CC1. The van der Waals surface area contributed by atoms with Crippen molar-refractivity contribution in [3.8, 4) is 10.6 Å². The van der Waals surface area contributed by atoms with E-state index in [1.54, 1.807) is 22.7 Å². The highest BCUT2D eigenvalue weighted by atomic mass is 32.1. The number of aromatic nitrogens is 1. The van der Waals surface area contributed by atoms with Crippen molar-refractivity contribution in [2.45, 2.75) is 19.4 Å². The first-order valence-corrected chi connectivity index (χ1v) is 11.1. The summed E-state index contributed by atoms with van der Waals surface area (Å²) in [5, 5.41) is 5.30. The Hall–Kier alpha value is -2.02. The van der Waals surface area contributed by atoms with Crippen LogP contribution in [0.2, 0.25) is 0 Å². The van der Waals surface area contributed by atoms with Gasteiger partial charge in [0.1, 0.15) is 5.01 Å². The molecule has 6 heteroatoms. The van der Waals surface area contributed by atoms with E-state index in [0.717, 1.165) is 49.8 Å². The summed E-state index contributed by atoms with van der Waals surface area (Å²) in [4.78, 5) is 22.9. The molecule has 0 atom stereocenters. The molecule has 1 amide bonds. The normalized spacial score (nSPS) is 15.2. The number of carbonyl (C=O) groups excluding carboxylic acids is 1. The standard InChI is InChI=1S/C21H23N3OS2/c25-20(9-8-19-7-4-14-26-19)24-12-10-23(11-13-24)15-18-16-27-21(22-18)17-5-2-1-3-6-17/h1-7,14,16H,8-13,15H2. The van der Waals surface area contributed by atoms with Crippen LogP contribution in [0.1, 0.15) is 17.0 Å². The maximum atomic E-state index is 12.4. The molecule has 1 aliphatic rings. The van der Waals surface area contributed by atoms with Crippen molar-refractivity contribution in [3.63, 3.8) is 0 Å². The maximum absolute atomic E-state index is 12.4. The first-order valence-electron chi connectivity index (χ1n) is 9.30. The Kier molecular flexibility index (Phi) is 5.97. The van der Waals surface area contributed by atoms with E-state index >= 15 is 0 Å². The average molecular weight is 398 g/mol. The van der Waals surface area contributed by atoms with E-state index in [1.807, 2.05) is 29.2 Å². The molecule has 140 valence electrons.